The fraction of sp³-hybridized carbons (Fsp3) is 0.188. The number of aldehydes is 1. The number of aryl methyl sites for hydroxylation is 2. The Bertz CT molecular complexity index is 588. The average molecular weight is 319 g/mol. The highest BCUT2D eigenvalue weighted by Gasteiger charge is 2.05. The van der Waals surface area contributed by atoms with Crippen LogP contribution in [0.15, 0.2) is 40.9 Å². The molecule has 0 aromatic heterocycles. The highest BCUT2D eigenvalue weighted by Crippen LogP contribution is 2.20. The van der Waals surface area contributed by atoms with Crippen LogP contribution in [-0.4, -0.2) is 6.29 Å². The molecule has 19 heavy (non-hydrogen) atoms. The SMILES string of the molecule is Cc1cc(C)c(COc2ccc(Br)cc2)cc1C=O. The summed E-state index contributed by atoms with van der Waals surface area (Å²) < 4.78 is 6.75. The van der Waals surface area contributed by atoms with E-state index in [-0.39, 0.29) is 0 Å². The summed E-state index contributed by atoms with van der Waals surface area (Å²) in [6.45, 7) is 4.44. The molecule has 0 atom stereocenters. The molecule has 3 heteroatoms. The Morgan fingerprint density at radius 3 is 2.42 bits per heavy atom. The maximum atomic E-state index is 11.0. The zero-order chi connectivity index (χ0) is 13.8. The molecule has 0 aliphatic rings. The number of halogens is 1. The van der Waals surface area contributed by atoms with Crippen molar-refractivity contribution in [2.75, 3.05) is 0 Å². The summed E-state index contributed by atoms with van der Waals surface area (Å²) in [6, 6.07) is 11.6. The molecule has 98 valence electrons. The van der Waals surface area contributed by atoms with Crippen LogP contribution in [0.1, 0.15) is 27.0 Å². The first-order chi connectivity index (χ1) is 9.10. The lowest BCUT2D eigenvalue weighted by molar-refractivity contribution is 0.112. The zero-order valence-corrected chi connectivity index (χ0v) is 12.5. The van der Waals surface area contributed by atoms with E-state index in [2.05, 4.69) is 15.9 Å². The molecule has 2 aromatic rings. The van der Waals surface area contributed by atoms with E-state index in [9.17, 15) is 4.79 Å². The third kappa shape index (κ3) is 3.44. The summed E-state index contributed by atoms with van der Waals surface area (Å²) in [7, 11) is 0. The molecule has 0 bridgehead atoms. The number of benzene rings is 2. The fourth-order valence-corrected chi connectivity index (χ4v) is 2.15. The molecule has 0 unspecified atom stereocenters. The molecule has 0 fully saturated rings. The van der Waals surface area contributed by atoms with Crippen molar-refractivity contribution in [1.29, 1.82) is 0 Å². The Labute approximate surface area is 121 Å². The first-order valence-corrected chi connectivity index (χ1v) is 6.83. The van der Waals surface area contributed by atoms with E-state index in [1.165, 1.54) is 0 Å². The normalized spacial score (nSPS) is 10.3. The van der Waals surface area contributed by atoms with Gasteiger partial charge < -0.3 is 4.74 Å². The van der Waals surface area contributed by atoms with Crippen LogP contribution in [0.3, 0.4) is 0 Å². The minimum absolute atomic E-state index is 0.467. The molecular weight excluding hydrogens is 304 g/mol. The lowest BCUT2D eigenvalue weighted by Gasteiger charge is -2.11. The lowest BCUT2D eigenvalue weighted by atomic mass is 10.0. The molecule has 0 saturated carbocycles. The number of rotatable bonds is 4. The highest BCUT2D eigenvalue weighted by atomic mass is 79.9. The molecule has 0 N–H and O–H groups in total. The molecule has 0 heterocycles. The van der Waals surface area contributed by atoms with E-state index < -0.39 is 0 Å². The Morgan fingerprint density at radius 2 is 1.79 bits per heavy atom. The van der Waals surface area contributed by atoms with E-state index in [4.69, 9.17) is 4.74 Å². The summed E-state index contributed by atoms with van der Waals surface area (Å²) in [5.74, 6) is 0.816. The van der Waals surface area contributed by atoms with Crippen molar-refractivity contribution in [1.82, 2.24) is 0 Å². The molecule has 2 aromatic carbocycles. The van der Waals surface area contributed by atoms with Gasteiger partial charge in [-0.05, 0) is 60.9 Å². The predicted octanol–water partition coefficient (Wildman–Crippen LogP) is 4.46. The average Bonchev–Trinajstić information content (AvgIpc) is 2.40. The van der Waals surface area contributed by atoms with Crippen LogP contribution >= 0.6 is 15.9 Å². The van der Waals surface area contributed by atoms with E-state index in [0.717, 1.165) is 38.8 Å². The van der Waals surface area contributed by atoms with Crippen molar-refractivity contribution in [2.24, 2.45) is 0 Å². The van der Waals surface area contributed by atoms with Gasteiger partial charge in [-0.2, -0.15) is 0 Å². The topological polar surface area (TPSA) is 26.3 Å². The van der Waals surface area contributed by atoms with E-state index in [1.807, 2.05) is 50.2 Å². The maximum absolute atomic E-state index is 11.0. The van der Waals surface area contributed by atoms with Crippen LogP contribution in [0.25, 0.3) is 0 Å². The second-order valence-electron chi connectivity index (χ2n) is 4.50. The lowest BCUT2D eigenvalue weighted by Crippen LogP contribution is -2.00. The molecule has 0 aliphatic carbocycles. The first kappa shape index (κ1) is 13.8. The molecule has 2 rings (SSSR count). The monoisotopic (exact) mass is 318 g/mol. The van der Waals surface area contributed by atoms with Gasteiger partial charge in [-0.25, -0.2) is 0 Å². The molecule has 0 aliphatic heterocycles. The maximum Gasteiger partial charge on any atom is 0.150 e. The number of ether oxygens (including phenoxy) is 1. The first-order valence-electron chi connectivity index (χ1n) is 6.04. The Kier molecular flexibility index (Phi) is 4.38. The fourth-order valence-electron chi connectivity index (χ4n) is 1.89. The van der Waals surface area contributed by atoms with Gasteiger partial charge in [0.1, 0.15) is 18.6 Å². The molecule has 0 spiro atoms. The van der Waals surface area contributed by atoms with Gasteiger partial charge in [0.05, 0.1) is 0 Å². The van der Waals surface area contributed by atoms with E-state index in [1.54, 1.807) is 0 Å². The minimum Gasteiger partial charge on any atom is -0.489 e. The molecular formula is C16H15BrO2. The molecule has 0 radical (unpaired) electrons. The van der Waals surface area contributed by atoms with Gasteiger partial charge in [0.15, 0.2) is 0 Å². The number of hydrogen-bond donors (Lipinski definition) is 0. The van der Waals surface area contributed by atoms with Crippen LogP contribution in [0.4, 0.5) is 0 Å². The number of carbonyl (C=O) groups excluding carboxylic acids is 1. The van der Waals surface area contributed by atoms with Crippen LogP contribution in [0.5, 0.6) is 5.75 Å². The van der Waals surface area contributed by atoms with Gasteiger partial charge >= 0.3 is 0 Å². The van der Waals surface area contributed by atoms with Gasteiger partial charge in [-0.1, -0.05) is 22.0 Å². The smallest absolute Gasteiger partial charge is 0.150 e. The van der Waals surface area contributed by atoms with E-state index >= 15 is 0 Å². The van der Waals surface area contributed by atoms with Crippen LogP contribution < -0.4 is 4.74 Å². The largest absolute Gasteiger partial charge is 0.489 e. The predicted molar refractivity (Wildman–Crippen MR) is 79.8 cm³/mol. The minimum atomic E-state index is 0.467. The number of hydrogen-bond acceptors (Lipinski definition) is 2. The van der Waals surface area contributed by atoms with Crippen molar-refractivity contribution in [3.05, 3.63) is 63.1 Å². The van der Waals surface area contributed by atoms with Gasteiger partial charge in [0.25, 0.3) is 0 Å². The van der Waals surface area contributed by atoms with Crippen LogP contribution in [0.2, 0.25) is 0 Å². The van der Waals surface area contributed by atoms with Crippen molar-refractivity contribution in [2.45, 2.75) is 20.5 Å². The second-order valence-corrected chi connectivity index (χ2v) is 5.41. The van der Waals surface area contributed by atoms with Gasteiger partial charge in [0.2, 0.25) is 0 Å². The van der Waals surface area contributed by atoms with Gasteiger partial charge in [-0.15, -0.1) is 0 Å². The third-order valence-corrected chi connectivity index (χ3v) is 3.59. The Hall–Kier alpha value is -1.61. The molecule has 0 saturated heterocycles. The summed E-state index contributed by atoms with van der Waals surface area (Å²) >= 11 is 3.39. The summed E-state index contributed by atoms with van der Waals surface area (Å²) in [5.41, 5.74) is 3.90. The summed E-state index contributed by atoms with van der Waals surface area (Å²) in [4.78, 5) is 11.0. The molecule has 0 amide bonds. The quantitative estimate of drug-likeness (QED) is 0.778. The van der Waals surface area contributed by atoms with Gasteiger partial charge in [-0.3, -0.25) is 4.79 Å². The Balaban J connectivity index is 2.15. The second kappa shape index (κ2) is 6.02. The third-order valence-electron chi connectivity index (χ3n) is 3.06. The van der Waals surface area contributed by atoms with Crippen molar-refractivity contribution in [3.63, 3.8) is 0 Å². The highest BCUT2D eigenvalue weighted by molar-refractivity contribution is 9.10. The van der Waals surface area contributed by atoms with Crippen LogP contribution in [0, 0.1) is 13.8 Å². The number of carbonyl (C=O) groups is 1. The van der Waals surface area contributed by atoms with Crippen molar-refractivity contribution in [3.8, 4) is 5.75 Å². The molecule has 2 nitrogen and oxygen atoms in total. The summed E-state index contributed by atoms with van der Waals surface area (Å²) in [5, 5.41) is 0. The zero-order valence-electron chi connectivity index (χ0n) is 10.9. The van der Waals surface area contributed by atoms with Gasteiger partial charge in [0, 0.05) is 10.0 Å². The van der Waals surface area contributed by atoms with Crippen molar-refractivity contribution >= 4 is 22.2 Å². The van der Waals surface area contributed by atoms with E-state index in [0.29, 0.717) is 6.61 Å². The van der Waals surface area contributed by atoms with Crippen LogP contribution in [-0.2, 0) is 6.61 Å². The standard InChI is InChI=1S/C16H15BrO2/c1-11-7-12(2)14(8-13(11)9-18)10-19-16-5-3-15(17)4-6-16/h3-9H,10H2,1-2H3. The summed E-state index contributed by atoms with van der Waals surface area (Å²) in [6.07, 6.45) is 0.887. The van der Waals surface area contributed by atoms with Crippen molar-refractivity contribution < 1.29 is 9.53 Å². The Morgan fingerprint density at radius 1 is 1.11 bits per heavy atom.